The number of benzene rings is 1. The number of anilines is 1. The van der Waals surface area contributed by atoms with E-state index in [4.69, 9.17) is 0 Å². The molecule has 1 atom stereocenters. The Morgan fingerprint density at radius 2 is 2.03 bits per heavy atom. The maximum absolute atomic E-state index is 12.5. The Bertz CT molecular complexity index is 1070. The Balaban J connectivity index is 1.49. The average molecular weight is 387 g/mol. The summed E-state index contributed by atoms with van der Waals surface area (Å²) in [6, 6.07) is 10.4. The van der Waals surface area contributed by atoms with Crippen LogP contribution in [-0.4, -0.2) is 25.8 Å². The van der Waals surface area contributed by atoms with Gasteiger partial charge in [-0.15, -0.1) is 10.2 Å². The van der Waals surface area contributed by atoms with E-state index in [-0.39, 0.29) is 12.1 Å². The van der Waals surface area contributed by atoms with Crippen LogP contribution in [0.25, 0.3) is 11.1 Å². The summed E-state index contributed by atoms with van der Waals surface area (Å²) in [5, 5.41) is 23.7. The molecule has 4 rings (SSSR count). The molecule has 3 heterocycles. The van der Waals surface area contributed by atoms with Gasteiger partial charge in [-0.3, -0.25) is 4.98 Å². The molecule has 0 radical (unpaired) electrons. The molecule has 1 unspecified atom stereocenters. The number of hydrogen-bond donors (Lipinski definition) is 2. The van der Waals surface area contributed by atoms with Crippen LogP contribution in [0.1, 0.15) is 43.0 Å². The number of aromatic nitrogens is 4. The van der Waals surface area contributed by atoms with Crippen molar-refractivity contribution < 1.29 is 4.79 Å². The van der Waals surface area contributed by atoms with Crippen molar-refractivity contribution in [3.8, 4) is 17.2 Å². The summed E-state index contributed by atoms with van der Waals surface area (Å²) in [5.41, 5.74) is 2.74. The standard InChI is InChI=1S/C21H21N7O/c1-14(20-27-26-19-4-2-3-11-28(19)20)24-21(29)25-17-6-5-16(13-22)18(12-17)15-7-9-23-10-8-15/h5-10,12,14H,2-4,11H2,1H3,(H2,24,25,29). The molecular formula is C21H21N7O. The van der Waals surface area contributed by atoms with Crippen LogP contribution in [0.3, 0.4) is 0 Å². The van der Waals surface area contributed by atoms with Crippen LogP contribution in [0, 0.1) is 11.3 Å². The van der Waals surface area contributed by atoms with Crippen molar-refractivity contribution in [2.75, 3.05) is 5.32 Å². The van der Waals surface area contributed by atoms with Crippen molar-refractivity contribution >= 4 is 11.7 Å². The van der Waals surface area contributed by atoms with Crippen molar-refractivity contribution in [3.63, 3.8) is 0 Å². The van der Waals surface area contributed by atoms with E-state index in [1.165, 1.54) is 0 Å². The van der Waals surface area contributed by atoms with Crippen molar-refractivity contribution in [1.82, 2.24) is 25.1 Å². The fraction of sp³-hybridized carbons (Fsp3) is 0.286. The second-order valence-corrected chi connectivity index (χ2v) is 7.01. The van der Waals surface area contributed by atoms with Crippen LogP contribution in [-0.2, 0) is 13.0 Å². The van der Waals surface area contributed by atoms with Crippen molar-refractivity contribution in [1.29, 1.82) is 5.26 Å². The van der Waals surface area contributed by atoms with E-state index in [9.17, 15) is 10.1 Å². The summed E-state index contributed by atoms with van der Waals surface area (Å²) in [6.07, 6.45) is 6.49. The van der Waals surface area contributed by atoms with Gasteiger partial charge in [0.2, 0.25) is 0 Å². The van der Waals surface area contributed by atoms with Crippen LogP contribution in [0.4, 0.5) is 10.5 Å². The van der Waals surface area contributed by atoms with Gasteiger partial charge in [0.15, 0.2) is 5.82 Å². The molecule has 0 aliphatic carbocycles. The fourth-order valence-electron chi connectivity index (χ4n) is 3.57. The summed E-state index contributed by atoms with van der Waals surface area (Å²) in [6.45, 7) is 2.78. The van der Waals surface area contributed by atoms with E-state index in [0.717, 1.165) is 48.6 Å². The number of urea groups is 1. The topological polar surface area (TPSA) is 109 Å². The van der Waals surface area contributed by atoms with Gasteiger partial charge in [-0.1, -0.05) is 0 Å². The predicted octanol–water partition coefficient (Wildman–Crippen LogP) is 3.43. The van der Waals surface area contributed by atoms with Crippen molar-refractivity contribution in [2.45, 2.75) is 38.8 Å². The third kappa shape index (κ3) is 3.94. The first-order valence-electron chi connectivity index (χ1n) is 9.60. The summed E-state index contributed by atoms with van der Waals surface area (Å²) in [4.78, 5) is 16.5. The molecule has 2 amide bonds. The SMILES string of the molecule is CC(NC(=O)Nc1ccc(C#N)c(-c2ccncc2)c1)c1nnc2n1CCCC2. The summed E-state index contributed by atoms with van der Waals surface area (Å²) < 4.78 is 2.09. The summed E-state index contributed by atoms with van der Waals surface area (Å²) >= 11 is 0. The average Bonchev–Trinajstić information content (AvgIpc) is 3.18. The molecule has 0 spiro atoms. The van der Waals surface area contributed by atoms with Crippen LogP contribution in [0.2, 0.25) is 0 Å². The number of carbonyl (C=O) groups excluding carboxylic acids is 1. The fourth-order valence-corrected chi connectivity index (χ4v) is 3.57. The van der Waals surface area contributed by atoms with Crippen molar-refractivity contribution in [2.24, 2.45) is 0 Å². The lowest BCUT2D eigenvalue weighted by Crippen LogP contribution is -2.33. The molecule has 1 aromatic carbocycles. The third-order valence-corrected chi connectivity index (χ3v) is 5.01. The number of carbonyl (C=O) groups is 1. The Morgan fingerprint density at radius 1 is 1.21 bits per heavy atom. The lowest BCUT2D eigenvalue weighted by Gasteiger charge is -2.19. The molecule has 8 heteroatoms. The van der Waals surface area contributed by atoms with Crippen molar-refractivity contribution in [3.05, 3.63) is 59.9 Å². The molecule has 146 valence electrons. The maximum Gasteiger partial charge on any atom is 0.319 e. The van der Waals surface area contributed by atoms with Gasteiger partial charge in [0.05, 0.1) is 17.7 Å². The first-order valence-corrected chi connectivity index (χ1v) is 9.60. The molecule has 8 nitrogen and oxygen atoms in total. The minimum absolute atomic E-state index is 0.271. The van der Waals surface area contributed by atoms with Gasteiger partial charge in [-0.05, 0) is 55.7 Å². The second kappa shape index (κ2) is 8.10. The van der Waals surface area contributed by atoms with Gasteiger partial charge < -0.3 is 15.2 Å². The Morgan fingerprint density at radius 3 is 2.83 bits per heavy atom. The molecule has 1 aliphatic rings. The van der Waals surface area contributed by atoms with Crippen LogP contribution in [0.15, 0.2) is 42.7 Å². The largest absolute Gasteiger partial charge is 0.328 e. The molecule has 1 aliphatic heterocycles. The highest BCUT2D eigenvalue weighted by Crippen LogP contribution is 2.26. The first-order chi connectivity index (χ1) is 14.2. The number of fused-ring (bicyclic) bond motifs is 1. The second-order valence-electron chi connectivity index (χ2n) is 7.01. The zero-order valence-corrected chi connectivity index (χ0v) is 16.1. The molecule has 29 heavy (non-hydrogen) atoms. The zero-order valence-electron chi connectivity index (χ0n) is 16.1. The first kappa shape index (κ1) is 18.6. The smallest absolute Gasteiger partial charge is 0.319 e. The van der Waals surface area contributed by atoms with E-state index in [2.05, 4.69) is 36.5 Å². The number of nitrogens with one attached hydrogen (secondary N) is 2. The van der Waals surface area contributed by atoms with Crippen LogP contribution >= 0.6 is 0 Å². The minimum atomic E-state index is -0.337. The molecule has 2 aromatic heterocycles. The van der Waals surface area contributed by atoms with Gasteiger partial charge in [-0.25, -0.2) is 4.79 Å². The van der Waals surface area contributed by atoms with E-state index >= 15 is 0 Å². The number of rotatable bonds is 4. The monoisotopic (exact) mass is 387 g/mol. The Kier molecular flexibility index (Phi) is 5.20. The molecule has 2 N–H and O–H groups in total. The third-order valence-electron chi connectivity index (χ3n) is 5.01. The number of aryl methyl sites for hydroxylation is 1. The van der Waals surface area contributed by atoms with Crippen LogP contribution in [0.5, 0.6) is 0 Å². The molecule has 0 saturated heterocycles. The van der Waals surface area contributed by atoms with E-state index in [1.807, 2.05) is 19.1 Å². The molecular weight excluding hydrogens is 366 g/mol. The molecule has 0 fully saturated rings. The highest BCUT2D eigenvalue weighted by atomic mass is 16.2. The lowest BCUT2D eigenvalue weighted by molar-refractivity contribution is 0.248. The zero-order chi connectivity index (χ0) is 20.2. The van der Waals surface area contributed by atoms with Gasteiger partial charge in [0.1, 0.15) is 5.82 Å². The normalized spacial score (nSPS) is 13.8. The summed E-state index contributed by atoms with van der Waals surface area (Å²) in [5.74, 6) is 1.75. The number of pyridine rings is 1. The maximum atomic E-state index is 12.5. The molecule has 0 saturated carbocycles. The van der Waals surface area contributed by atoms with E-state index in [0.29, 0.717) is 11.3 Å². The summed E-state index contributed by atoms with van der Waals surface area (Å²) in [7, 11) is 0. The number of hydrogen-bond acceptors (Lipinski definition) is 5. The molecule has 3 aromatic rings. The highest BCUT2D eigenvalue weighted by Gasteiger charge is 2.21. The Labute approximate surface area is 168 Å². The van der Waals surface area contributed by atoms with Gasteiger partial charge in [0, 0.05) is 36.6 Å². The highest BCUT2D eigenvalue weighted by molar-refractivity contribution is 5.90. The van der Waals surface area contributed by atoms with Gasteiger partial charge >= 0.3 is 6.03 Å². The quantitative estimate of drug-likeness (QED) is 0.713. The number of nitrogens with zero attached hydrogens (tertiary/aromatic N) is 5. The molecule has 0 bridgehead atoms. The Hall–Kier alpha value is -3.73. The number of nitriles is 1. The van der Waals surface area contributed by atoms with Gasteiger partial charge in [0.25, 0.3) is 0 Å². The van der Waals surface area contributed by atoms with Crippen LogP contribution < -0.4 is 10.6 Å². The number of amides is 2. The minimum Gasteiger partial charge on any atom is -0.328 e. The van der Waals surface area contributed by atoms with E-state index in [1.54, 1.807) is 30.6 Å². The van der Waals surface area contributed by atoms with Gasteiger partial charge in [-0.2, -0.15) is 5.26 Å². The lowest BCUT2D eigenvalue weighted by atomic mass is 10.0. The predicted molar refractivity (Wildman–Crippen MR) is 108 cm³/mol. The van der Waals surface area contributed by atoms with E-state index < -0.39 is 0 Å².